The first kappa shape index (κ1) is 14.3. The van der Waals surface area contributed by atoms with Crippen molar-refractivity contribution in [1.82, 2.24) is 5.32 Å². The molecule has 1 unspecified atom stereocenters. The molecular formula is C12H15F3N2O. The lowest BCUT2D eigenvalue weighted by Crippen LogP contribution is -2.36. The molecular weight excluding hydrogens is 245 g/mol. The number of halogens is 3. The smallest absolute Gasteiger partial charge is 0.391 e. The Hall–Kier alpha value is -1.72. The number of amides is 1. The van der Waals surface area contributed by atoms with Gasteiger partial charge in [0.15, 0.2) is 0 Å². The van der Waals surface area contributed by atoms with Crippen LogP contribution < -0.4 is 11.1 Å². The lowest BCUT2D eigenvalue weighted by molar-refractivity contribution is -0.138. The Morgan fingerprint density at radius 3 is 2.61 bits per heavy atom. The minimum Gasteiger partial charge on any atom is -0.398 e. The molecule has 0 radical (unpaired) electrons. The van der Waals surface area contributed by atoms with Crippen LogP contribution in [0.2, 0.25) is 0 Å². The summed E-state index contributed by atoms with van der Waals surface area (Å²) >= 11 is 0. The summed E-state index contributed by atoms with van der Waals surface area (Å²) in [6, 6.07) is 3.84. The molecule has 1 aromatic rings. The Balaban J connectivity index is 2.74. The zero-order chi connectivity index (χ0) is 13.9. The molecule has 0 saturated carbocycles. The number of hydrogen-bond acceptors (Lipinski definition) is 2. The number of nitrogens with one attached hydrogen (secondary N) is 1. The Morgan fingerprint density at radius 2 is 2.06 bits per heavy atom. The fraction of sp³-hybridized carbons (Fsp3) is 0.417. The lowest BCUT2D eigenvalue weighted by atomic mass is 10.1. The van der Waals surface area contributed by atoms with Gasteiger partial charge in [0.2, 0.25) is 0 Å². The average Bonchev–Trinajstić information content (AvgIpc) is 2.18. The molecule has 0 fully saturated rings. The minimum atomic E-state index is -4.30. The van der Waals surface area contributed by atoms with E-state index < -0.39 is 24.5 Å². The maximum atomic E-state index is 12.1. The Labute approximate surface area is 103 Å². The molecule has 0 heterocycles. The van der Waals surface area contributed by atoms with E-state index in [-0.39, 0.29) is 11.3 Å². The fourth-order valence-corrected chi connectivity index (χ4v) is 1.57. The maximum absolute atomic E-state index is 12.1. The van der Waals surface area contributed by atoms with E-state index in [1.807, 2.05) is 0 Å². The predicted octanol–water partition coefficient (Wildman–Crippen LogP) is 2.65. The molecule has 18 heavy (non-hydrogen) atoms. The SMILES string of the molecule is Cc1ccc(N)c(C(=O)NC(C)CC(F)(F)F)c1. The molecule has 1 amide bonds. The standard InChI is InChI=1S/C12H15F3N2O/c1-7-3-4-10(16)9(5-7)11(18)17-8(2)6-12(13,14)15/h3-5,8H,6,16H2,1-2H3,(H,17,18). The minimum absolute atomic E-state index is 0.198. The second kappa shape index (κ2) is 5.29. The van der Waals surface area contributed by atoms with Crippen LogP contribution in [-0.4, -0.2) is 18.1 Å². The molecule has 0 bridgehead atoms. The molecule has 0 aliphatic rings. The number of aryl methyl sites for hydroxylation is 1. The van der Waals surface area contributed by atoms with Gasteiger partial charge in [-0.25, -0.2) is 0 Å². The van der Waals surface area contributed by atoms with Gasteiger partial charge in [0.25, 0.3) is 5.91 Å². The van der Waals surface area contributed by atoms with Gasteiger partial charge < -0.3 is 11.1 Å². The molecule has 0 spiro atoms. The zero-order valence-corrected chi connectivity index (χ0v) is 10.1. The van der Waals surface area contributed by atoms with Crippen molar-refractivity contribution in [2.75, 3.05) is 5.73 Å². The van der Waals surface area contributed by atoms with E-state index in [4.69, 9.17) is 5.73 Å². The zero-order valence-electron chi connectivity index (χ0n) is 10.1. The molecule has 0 saturated heterocycles. The first-order valence-corrected chi connectivity index (χ1v) is 5.43. The third-order valence-electron chi connectivity index (χ3n) is 2.37. The van der Waals surface area contributed by atoms with Gasteiger partial charge in [-0.1, -0.05) is 11.6 Å². The summed E-state index contributed by atoms with van der Waals surface area (Å²) in [5.74, 6) is -0.590. The number of carbonyl (C=O) groups is 1. The second-order valence-corrected chi connectivity index (χ2v) is 4.28. The van der Waals surface area contributed by atoms with Gasteiger partial charge >= 0.3 is 6.18 Å². The summed E-state index contributed by atoms with van der Waals surface area (Å²) in [7, 11) is 0. The average molecular weight is 260 g/mol. The Morgan fingerprint density at radius 1 is 1.44 bits per heavy atom. The maximum Gasteiger partial charge on any atom is 0.391 e. The molecule has 0 aliphatic carbocycles. The van der Waals surface area contributed by atoms with E-state index in [0.717, 1.165) is 5.56 Å². The number of anilines is 1. The van der Waals surface area contributed by atoms with E-state index in [0.29, 0.717) is 0 Å². The Bertz CT molecular complexity index is 443. The number of rotatable bonds is 3. The monoisotopic (exact) mass is 260 g/mol. The normalized spacial score (nSPS) is 13.2. The van der Waals surface area contributed by atoms with Crippen molar-refractivity contribution in [3.05, 3.63) is 29.3 Å². The van der Waals surface area contributed by atoms with Gasteiger partial charge in [-0.05, 0) is 26.0 Å². The van der Waals surface area contributed by atoms with E-state index in [9.17, 15) is 18.0 Å². The number of nitrogen functional groups attached to an aromatic ring is 1. The first-order chi connectivity index (χ1) is 8.19. The highest BCUT2D eigenvalue weighted by Crippen LogP contribution is 2.22. The van der Waals surface area contributed by atoms with Gasteiger partial charge in [-0.2, -0.15) is 13.2 Å². The summed E-state index contributed by atoms with van der Waals surface area (Å²) in [5, 5.41) is 2.28. The van der Waals surface area contributed by atoms with E-state index >= 15 is 0 Å². The van der Waals surface area contributed by atoms with Crippen LogP contribution in [0.25, 0.3) is 0 Å². The highest BCUT2D eigenvalue weighted by atomic mass is 19.4. The van der Waals surface area contributed by atoms with E-state index in [1.54, 1.807) is 25.1 Å². The third-order valence-corrected chi connectivity index (χ3v) is 2.37. The molecule has 1 atom stereocenters. The summed E-state index contributed by atoms with van der Waals surface area (Å²) in [6.07, 6.45) is -5.37. The van der Waals surface area contributed by atoms with Crippen molar-refractivity contribution >= 4 is 11.6 Å². The number of benzene rings is 1. The quantitative estimate of drug-likeness (QED) is 0.821. The van der Waals surface area contributed by atoms with E-state index in [2.05, 4.69) is 5.32 Å². The summed E-state index contributed by atoms with van der Waals surface area (Å²) in [5.41, 5.74) is 6.87. The van der Waals surface area contributed by atoms with Crippen molar-refractivity contribution < 1.29 is 18.0 Å². The number of nitrogens with two attached hydrogens (primary N) is 1. The van der Waals surface area contributed by atoms with Crippen LogP contribution >= 0.6 is 0 Å². The van der Waals surface area contributed by atoms with Gasteiger partial charge in [-0.15, -0.1) is 0 Å². The third kappa shape index (κ3) is 4.27. The number of carbonyl (C=O) groups excluding carboxylic acids is 1. The van der Waals surface area contributed by atoms with Gasteiger partial charge in [0.05, 0.1) is 12.0 Å². The molecule has 3 nitrogen and oxygen atoms in total. The van der Waals surface area contributed by atoms with Crippen molar-refractivity contribution in [1.29, 1.82) is 0 Å². The second-order valence-electron chi connectivity index (χ2n) is 4.28. The first-order valence-electron chi connectivity index (χ1n) is 5.43. The largest absolute Gasteiger partial charge is 0.398 e. The molecule has 0 aromatic heterocycles. The van der Waals surface area contributed by atoms with Crippen molar-refractivity contribution in [2.24, 2.45) is 0 Å². The van der Waals surface area contributed by atoms with Crippen molar-refractivity contribution in [2.45, 2.75) is 32.5 Å². The van der Waals surface area contributed by atoms with Crippen LogP contribution in [0, 0.1) is 6.92 Å². The van der Waals surface area contributed by atoms with Gasteiger partial charge in [0.1, 0.15) is 0 Å². The van der Waals surface area contributed by atoms with Crippen LogP contribution in [-0.2, 0) is 0 Å². The summed E-state index contributed by atoms with van der Waals surface area (Å²) in [4.78, 5) is 11.8. The summed E-state index contributed by atoms with van der Waals surface area (Å²) < 4.78 is 36.4. The Kier molecular flexibility index (Phi) is 4.21. The predicted molar refractivity (Wildman–Crippen MR) is 63.2 cm³/mol. The fourth-order valence-electron chi connectivity index (χ4n) is 1.57. The molecule has 6 heteroatoms. The highest BCUT2D eigenvalue weighted by molar-refractivity contribution is 5.99. The molecule has 1 rings (SSSR count). The van der Waals surface area contributed by atoms with Gasteiger partial charge in [0, 0.05) is 11.7 Å². The van der Waals surface area contributed by atoms with E-state index in [1.165, 1.54) is 6.92 Å². The lowest BCUT2D eigenvalue weighted by Gasteiger charge is -2.16. The number of hydrogen-bond donors (Lipinski definition) is 2. The van der Waals surface area contributed by atoms with Crippen LogP contribution in [0.5, 0.6) is 0 Å². The van der Waals surface area contributed by atoms with Crippen LogP contribution in [0.3, 0.4) is 0 Å². The van der Waals surface area contributed by atoms with Crippen molar-refractivity contribution in [3.63, 3.8) is 0 Å². The molecule has 3 N–H and O–H groups in total. The molecule has 1 aromatic carbocycles. The number of alkyl halides is 3. The van der Waals surface area contributed by atoms with Crippen molar-refractivity contribution in [3.8, 4) is 0 Å². The van der Waals surface area contributed by atoms with Gasteiger partial charge in [-0.3, -0.25) is 4.79 Å². The van der Waals surface area contributed by atoms with Crippen LogP contribution in [0.4, 0.5) is 18.9 Å². The molecule has 100 valence electrons. The van der Waals surface area contributed by atoms with Crippen LogP contribution in [0.1, 0.15) is 29.3 Å². The highest BCUT2D eigenvalue weighted by Gasteiger charge is 2.30. The molecule has 0 aliphatic heterocycles. The van der Waals surface area contributed by atoms with Crippen LogP contribution in [0.15, 0.2) is 18.2 Å². The summed E-state index contributed by atoms with van der Waals surface area (Å²) in [6.45, 7) is 3.08. The topological polar surface area (TPSA) is 55.1 Å².